The molecule has 0 saturated carbocycles. The minimum atomic E-state index is -4.56. The third kappa shape index (κ3) is 6.06. The van der Waals surface area contributed by atoms with Crippen LogP contribution in [0.25, 0.3) is 0 Å². The van der Waals surface area contributed by atoms with Crippen molar-refractivity contribution in [3.63, 3.8) is 0 Å². The molecule has 0 atom stereocenters. The van der Waals surface area contributed by atoms with Crippen molar-refractivity contribution in [1.29, 1.82) is 0 Å². The van der Waals surface area contributed by atoms with Crippen LogP contribution in [-0.2, 0) is 6.18 Å². The maximum atomic E-state index is 13.0. The fourth-order valence-electron chi connectivity index (χ4n) is 2.46. The van der Waals surface area contributed by atoms with Crippen molar-refractivity contribution in [2.45, 2.75) is 6.18 Å². The van der Waals surface area contributed by atoms with Gasteiger partial charge in [-0.2, -0.15) is 13.2 Å². The lowest BCUT2D eigenvalue weighted by molar-refractivity contribution is -0.136. The van der Waals surface area contributed by atoms with Crippen LogP contribution in [0, 0.1) is 0 Å². The Morgan fingerprint density at radius 1 is 0.900 bits per heavy atom. The molecule has 2 heterocycles. The SMILES string of the molecule is O=C(NCCNc1cc(Nc2ccccn2)ncn1)Nc1ccccc1C(F)(F)F. The summed E-state index contributed by atoms with van der Waals surface area (Å²) in [6.07, 6.45) is -1.55. The molecule has 0 bridgehead atoms. The molecule has 0 aliphatic heterocycles. The van der Waals surface area contributed by atoms with E-state index in [2.05, 4.69) is 36.2 Å². The maximum Gasteiger partial charge on any atom is 0.418 e. The third-order valence-corrected chi connectivity index (χ3v) is 3.79. The van der Waals surface area contributed by atoms with Crippen molar-refractivity contribution in [3.05, 3.63) is 66.6 Å². The van der Waals surface area contributed by atoms with Crippen molar-refractivity contribution in [3.8, 4) is 0 Å². The number of alkyl halides is 3. The zero-order valence-electron chi connectivity index (χ0n) is 15.6. The average Bonchev–Trinajstić information content (AvgIpc) is 2.72. The highest BCUT2D eigenvalue weighted by Gasteiger charge is 2.33. The van der Waals surface area contributed by atoms with Crippen molar-refractivity contribution >= 4 is 29.2 Å². The molecule has 8 nitrogen and oxygen atoms in total. The van der Waals surface area contributed by atoms with E-state index in [-0.39, 0.29) is 12.2 Å². The van der Waals surface area contributed by atoms with E-state index < -0.39 is 17.8 Å². The van der Waals surface area contributed by atoms with E-state index in [9.17, 15) is 18.0 Å². The number of nitrogens with one attached hydrogen (secondary N) is 4. The highest BCUT2D eigenvalue weighted by molar-refractivity contribution is 5.90. The molecule has 3 rings (SSSR count). The first-order chi connectivity index (χ1) is 14.4. The fraction of sp³-hybridized carbons (Fsp3) is 0.158. The Kier molecular flexibility index (Phi) is 6.63. The highest BCUT2D eigenvalue weighted by Crippen LogP contribution is 2.34. The Morgan fingerprint density at radius 3 is 2.43 bits per heavy atom. The molecule has 0 unspecified atom stereocenters. The first-order valence-electron chi connectivity index (χ1n) is 8.87. The first kappa shape index (κ1) is 20.8. The molecule has 156 valence electrons. The Bertz CT molecular complexity index is 983. The standard InChI is InChI=1S/C19H18F3N7O/c20-19(21,22)13-5-1-2-6-14(13)28-18(30)25-10-9-24-16-11-17(27-12-26-16)29-15-7-3-4-8-23-15/h1-8,11-12H,9-10H2,(H2,25,28,30)(H2,23,24,26,27,29). The first-order valence-corrected chi connectivity index (χ1v) is 8.87. The number of nitrogens with zero attached hydrogens (tertiary/aromatic N) is 3. The van der Waals surface area contributed by atoms with Gasteiger partial charge in [0, 0.05) is 25.4 Å². The van der Waals surface area contributed by atoms with Crippen LogP contribution in [0.15, 0.2) is 61.1 Å². The van der Waals surface area contributed by atoms with Crippen molar-refractivity contribution in [2.24, 2.45) is 0 Å². The van der Waals surface area contributed by atoms with E-state index in [4.69, 9.17) is 0 Å². The summed E-state index contributed by atoms with van der Waals surface area (Å²) in [6.45, 7) is 0.460. The molecule has 0 aliphatic rings. The highest BCUT2D eigenvalue weighted by atomic mass is 19.4. The molecule has 3 aromatic rings. The second kappa shape index (κ2) is 9.54. The summed E-state index contributed by atoms with van der Waals surface area (Å²) in [5.74, 6) is 1.66. The minimum absolute atomic E-state index is 0.160. The van der Waals surface area contributed by atoms with E-state index in [0.29, 0.717) is 24.0 Å². The molecule has 0 spiro atoms. The van der Waals surface area contributed by atoms with Crippen molar-refractivity contribution in [1.82, 2.24) is 20.3 Å². The number of amides is 2. The average molecular weight is 417 g/mol. The number of hydrogen-bond acceptors (Lipinski definition) is 6. The summed E-state index contributed by atoms with van der Waals surface area (Å²) in [5.41, 5.74) is -1.22. The van der Waals surface area contributed by atoms with Crippen LogP contribution in [-0.4, -0.2) is 34.1 Å². The summed E-state index contributed by atoms with van der Waals surface area (Å²) in [4.78, 5) is 24.2. The van der Waals surface area contributed by atoms with Gasteiger partial charge < -0.3 is 21.3 Å². The smallest absolute Gasteiger partial charge is 0.368 e. The van der Waals surface area contributed by atoms with Crippen LogP contribution < -0.4 is 21.3 Å². The van der Waals surface area contributed by atoms with Gasteiger partial charge in [-0.1, -0.05) is 18.2 Å². The van der Waals surface area contributed by atoms with Gasteiger partial charge in [-0.3, -0.25) is 0 Å². The fourth-order valence-corrected chi connectivity index (χ4v) is 2.46. The number of halogens is 3. The largest absolute Gasteiger partial charge is 0.418 e. The number of benzene rings is 1. The Morgan fingerprint density at radius 2 is 1.67 bits per heavy atom. The van der Waals surface area contributed by atoms with Gasteiger partial charge in [0.25, 0.3) is 0 Å². The van der Waals surface area contributed by atoms with Gasteiger partial charge in [-0.15, -0.1) is 0 Å². The molecular weight excluding hydrogens is 399 g/mol. The van der Waals surface area contributed by atoms with Crippen LogP contribution in [0.4, 0.5) is 41.1 Å². The van der Waals surface area contributed by atoms with Gasteiger partial charge in [0.15, 0.2) is 0 Å². The zero-order valence-corrected chi connectivity index (χ0v) is 15.6. The molecule has 1 aromatic carbocycles. The van der Waals surface area contributed by atoms with E-state index >= 15 is 0 Å². The molecule has 2 aromatic heterocycles. The van der Waals surface area contributed by atoms with E-state index in [1.54, 1.807) is 24.4 Å². The molecule has 30 heavy (non-hydrogen) atoms. The van der Waals surface area contributed by atoms with Crippen LogP contribution >= 0.6 is 0 Å². The Labute approximate surface area is 170 Å². The van der Waals surface area contributed by atoms with Crippen LogP contribution in [0.2, 0.25) is 0 Å². The molecule has 4 N–H and O–H groups in total. The second-order valence-electron chi connectivity index (χ2n) is 5.98. The number of para-hydroxylation sites is 1. The van der Waals surface area contributed by atoms with E-state index in [1.807, 2.05) is 6.07 Å². The Balaban J connectivity index is 1.46. The van der Waals surface area contributed by atoms with Gasteiger partial charge >= 0.3 is 12.2 Å². The predicted octanol–water partition coefficient (Wildman–Crippen LogP) is 3.87. The molecule has 0 radical (unpaired) electrons. The molecule has 0 aliphatic carbocycles. The lowest BCUT2D eigenvalue weighted by Gasteiger charge is -2.14. The molecule has 0 fully saturated rings. The summed E-state index contributed by atoms with van der Waals surface area (Å²) in [5, 5.41) is 10.7. The lowest BCUT2D eigenvalue weighted by atomic mass is 10.1. The summed E-state index contributed by atoms with van der Waals surface area (Å²) in [6, 6.07) is 11.1. The zero-order chi connectivity index (χ0) is 21.4. The number of urea groups is 1. The molecule has 0 saturated heterocycles. The molecule has 2 amide bonds. The third-order valence-electron chi connectivity index (χ3n) is 3.79. The number of aromatic nitrogens is 3. The van der Waals surface area contributed by atoms with Crippen molar-refractivity contribution < 1.29 is 18.0 Å². The number of hydrogen-bond donors (Lipinski definition) is 4. The van der Waals surface area contributed by atoms with E-state index in [1.165, 1.54) is 24.5 Å². The number of rotatable bonds is 7. The Hall–Kier alpha value is -3.89. The quantitative estimate of drug-likeness (QED) is 0.435. The van der Waals surface area contributed by atoms with Crippen LogP contribution in [0.5, 0.6) is 0 Å². The predicted molar refractivity (Wildman–Crippen MR) is 107 cm³/mol. The van der Waals surface area contributed by atoms with Crippen LogP contribution in [0.3, 0.4) is 0 Å². The normalized spacial score (nSPS) is 10.9. The monoisotopic (exact) mass is 417 g/mol. The topological polar surface area (TPSA) is 104 Å². The number of pyridine rings is 1. The summed E-state index contributed by atoms with van der Waals surface area (Å²) in [7, 11) is 0. The number of carbonyl (C=O) groups excluding carboxylic acids is 1. The van der Waals surface area contributed by atoms with Gasteiger partial charge in [-0.05, 0) is 24.3 Å². The summed E-state index contributed by atoms with van der Waals surface area (Å²) >= 11 is 0. The van der Waals surface area contributed by atoms with Crippen molar-refractivity contribution in [2.75, 3.05) is 29.0 Å². The van der Waals surface area contributed by atoms with Gasteiger partial charge in [0.05, 0.1) is 11.3 Å². The molecular formula is C19H18F3N7O. The van der Waals surface area contributed by atoms with Gasteiger partial charge in [-0.25, -0.2) is 19.7 Å². The summed E-state index contributed by atoms with van der Waals surface area (Å²) < 4.78 is 38.9. The second-order valence-corrected chi connectivity index (χ2v) is 5.98. The van der Waals surface area contributed by atoms with Crippen LogP contribution in [0.1, 0.15) is 5.56 Å². The number of carbonyl (C=O) groups is 1. The minimum Gasteiger partial charge on any atom is -0.368 e. The lowest BCUT2D eigenvalue weighted by Crippen LogP contribution is -2.33. The van der Waals surface area contributed by atoms with Gasteiger partial charge in [0.2, 0.25) is 0 Å². The maximum absolute atomic E-state index is 13.0. The van der Waals surface area contributed by atoms with Gasteiger partial charge in [0.1, 0.15) is 23.8 Å². The van der Waals surface area contributed by atoms with E-state index in [0.717, 1.165) is 6.07 Å². The molecule has 11 heteroatoms. The number of anilines is 4.